The quantitative estimate of drug-likeness (QED) is 0.495. The van der Waals surface area contributed by atoms with Gasteiger partial charge in [-0.05, 0) is 54.4 Å². The smallest absolute Gasteiger partial charge is 0.255 e. The molecule has 36 heavy (non-hydrogen) atoms. The Kier molecular flexibility index (Phi) is 8.49. The van der Waals surface area contributed by atoms with Gasteiger partial charge in [-0.2, -0.15) is 0 Å². The predicted molar refractivity (Wildman–Crippen MR) is 144 cm³/mol. The molecule has 1 saturated heterocycles. The number of piperazine rings is 1. The van der Waals surface area contributed by atoms with Crippen LogP contribution in [0.3, 0.4) is 0 Å². The molecule has 2 aromatic carbocycles. The van der Waals surface area contributed by atoms with Crippen molar-refractivity contribution in [3.8, 4) is 0 Å². The summed E-state index contributed by atoms with van der Waals surface area (Å²) in [5, 5.41) is 2.94. The Labute approximate surface area is 213 Å². The number of anilines is 3. The molecule has 0 bridgehead atoms. The molecule has 0 radical (unpaired) electrons. The van der Waals surface area contributed by atoms with E-state index in [0.29, 0.717) is 36.7 Å². The minimum atomic E-state index is -0.151. The van der Waals surface area contributed by atoms with E-state index in [1.54, 1.807) is 18.5 Å². The van der Waals surface area contributed by atoms with E-state index in [4.69, 9.17) is 0 Å². The van der Waals surface area contributed by atoms with Gasteiger partial charge in [-0.3, -0.25) is 9.59 Å². The van der Waals surface area contributed by atoms with Gasteiger partial charge in [0, 0.05) is 69.1 Å². The first kappa shape index (κ1) is 25.2. The van der Waals surface area contributed by atoms with E-state index >= 15 is 0 Å². The third-order valence-corrected chi connectivity index (χ3v) is 6.45. The lowest BCUT2D eigenvalue weighted by atomic mass is 10.1. The molecule has 8 heteroatoms. The number of hydrogen-bond acceptors (Lipinski definition) is 6. The van der Waals surface area contributed by atoms with Gasteiger partial charge in [-0.15, -0.1) is 0 Å². The van der Waals surface area contributed by atoms with Gasteiger partial charge in [0.2, 0.25) is 11.9 Å². The van der Waals surface area contributed by atoms with Crippen LogP contribution in [0.5, 0.6) is 0 Å². The third-order valence-electron chi connectivity index (χ3n) is 6.45. The standard InChI is InChI=1S/C28H34N6O2/c1-3-4-16-32(2)25-12-8-23(9-13-25)27(36)31-24-10-6-22(7-11-24)21-26(35)33-17-19-34(20-18-33)28-29-14-5-15-30-28/h5-15H,3-4,16-21H2,1-2H3,(H,31,36). The topological polar surface area (TPSA) is 81.7 Å². The monoisotopic (exact) mass is 486 g/mol. The van der Waals surface area contributed by atoms with Crippen molar-refractivity contribution in [1.82, 2.24) is 14.9 Å². The SMILES string of the molecule is CCCCN(C)c1ccc(C(=O)Nc2ccc(CC(=O)N3CCN(c4ncccn4)CC3)cc2)cc1. The van der Waals surface area contributed by atoms with Crippen LogP contribution in [-0.4, -0.2) is 66.5 Å². The maximum Gasteiger partial charge on any atom is 0.255 e. The second-order valence-corrected chi connectivity index (χ2v) is 9.07. The third kappa shape index (κ3) is 6.59. The lowest BCUT2D eigenvalue weighted by molar-refractivity contribution is -0.130. The number of hydrogen-bond donors (Lipinski definition) is 1. The molecule has 1 N–H and O–H groups in total. The lowest BCUT2D eigenvalue weighted by Crippen LogP contribution is -2.49. The molecule has 0 unspecified atom stereocenters. The molecular weight excluding hydrogens is 452 g/mol. The first-order valence-corrected chi connectivity index (χ1v) is 12.5. The molecule has 1 aliphatic rings. The van der Waals surface area contributed by atoms with Gasteiger partial charge >= 0.3 is 0 Å². The van der Waals surface area contributed by atoms with Crippen LogP contribution in [0, 0.1) is 0 Å². The fourth-order valence-corrected chi connectivity index (χ4v) is 4.20. The largest absolute Gasteiger partial charge is 0.375 e. The molecular formula is C28H34N6O2. The second-order valence-electron chi connectivity index (χ2n) is 9.07. The fraction of sp³-hybridized carbons (Fsp3) is 0.357. The van der Waals surface area contributed by atoms with Crippen LogP contribution in [0.15, 0.2) is 67.0 Å². The molecule has 0 saturated carbocycles. The van der Waals surface area contributed by atoms with Gasteiger partial charge in [0.1, 0.15) is 0 Å². The number of unbranched alkanes of at least 4 members (excludes halogenated alkanes) is 1. The van der Waals surface area contributed by atoms with Crippen molar-refractivity contribution in [3.63, 3.8) is 0 Å². The second kappa shape index (κ2) is 12.2. The van der Waals surface area contributed by atoms with Crippen molar-refractivity contribution in [1.29, 1.82) is 0 Å². The van der Waals surface area contributed by atoms with E-state index in [1.165, 1.54) is 0 Å². The van der Waals surface area contributed by atoms with Crippen LogP contribution in [0.2, 0.25) is 0 Å². The highest BCUT2D eigenvalue weighted by Crippen LogP contribution is 2.17. The number of nitrogens with one attached hydrogen (secondary N) is 1. The van der Waals surface area contributed by atoms with Gasteiger partial charge in [0.25, 0.3) is 5.91 Å². The van der Waals surface area contributed by atoms with Crippen molar-refractivity contribution >= 4 is 29.1 Å². The summed E-state index contributed by atoms with van der Waals surface area (Å²) in [4.78, 5) is 40.2. The summed E-state index contributed by atoms with van der Waals surface area (Å²) in [6.45, 7) is 5.91. The Morgan fingerprint density at radius 1 is 0.944 bits per heavy atom. The number of nitrogens with zero attached hydrogens (tertiary/aromatic N) is 5. The maximum absolute atomic E-state index is 12.8. The van der Waals surface area contributed by atoms with E-state index in [0.717, 1.165) is 43.7 Å². The molecule has 1 fully saturated rings. The maximum atomic E-state index is 12.8. The Morgan fingerprint density at radius 3 is 2.25 bits per heavy atom. The molecule has 1 aromatic heterocycles. The lowest BCUT2D eigenvalue weighted by Gasteiger charge is -2.34. The number of carbonyl (C=O) groups excluding carboxylic acids is 2. The van der Waals surface area contributed by atoms with Crippen LogP contribution in [0.25, 0.3) is 0 Å². The zero-order valence-corrected chi connectivity index (χ0v) is 21.1. The van der Waals surface area contributed by atoms with Crippen molar-refractivity contribution in [2.24, 2.45) is 0 Å². The first-order chi connectivity index (χ1) is 17.5. The van der Waals surface area contributed by atoms with Gasteiger partial charge in [-0.25, -0.2) is 9.97 Å². The van der Waals surface area contributed by atoms with Gasteiger partial charge in [-0.1, -0.05) is 25.5 Å². The summed E-state index contributed by atoms with van der Waals surface area (Å²) >= 11 is 0. The first-order valence-electron chi connectivity index (χ1n) is 12.5. The summed E-state index contributed by atoms with van der Waals surface area (Å²) in [5.41, 5.74) is 3.34. The highest BCUT2D eigenvalue weighted by molar-refractivity contribution is 6.04. The number of benzene rings is 2. The van der Waals surface area contributed by atoms with E-state index in [-0.39, 0.29) is 11.8 Å². The van der Waals surface area contributed by atoms with Crippen LogP contribution < -0.4 is 15.1 Å². The summed E-state index contributed by atoms with van der Waals surface area (Å²) in [7, 11) is 2.07. The number of amides is 2. The van der Waals surface area contributed by atoms with Crippen molar-refractivity contribution in [3.05, 3.63) is 78.1 Å². The fourth-order valence-electron chi connectivity index (χ4n) is 4.20. The molecule has 0 atom stereocenters. The molecule has 0 spiro atoms. The van der Waals surface area contributed by atoms with E-state index in [1.807, 2.05) is 53.4 Å². The van der Waals surface area contributed by atoms with Crippen LogP contribution in [0.1, 0.15) is 35.7 Å². The molecule has 2 heterocycles. The van der Waals surface area contributed by atoms with E-state index < -0.39 is 0 Å². The van der Waals surface area contributed by atoms with Gasteiger partial charge in [0.15, 0.2) is 0 Å². The van der Waals surface area contributed by atoms with Crippen LogP contribution in [-0.2, 0) is 11.2 Å². The minimum Gasteiger partial charge on any atom is -0.375 e. The average Bonchev–Trinajstić information content (AvgIpc) is 2.93. The molecule has 1 aliphatic heterocycles. The summed E-state index contributed by atoms with van der Waals surface area (Å²) in [5.74, 6) is 0.656. The highest BCUT2D eigenvalue weighted by atomic mass is 16.2. The molecule has 2 amide bonds. The summed E-state index contributed by atoms with van der Waals surface area (Å²) < 4.78 is 0. The van der Waals surface area contributed by atoms with Crippen molar-refractivity contribution in [2.45, 2.75) is 26.2 Å². The highest BCUT2D eigenvalue weighted by Gasteiger charge is 2.22. The minimum absolute atomic E-state index is 0.101. The van der Waals surface area contributed by atoms with E-state index in [9.17, 15) is 9.59 Å². The Morgan fingerprint density at radius 2 is 1.61 bits per heavy atom. The zero-order valence-electron chi connectivity index (χ0n) is 21.1. The van der Waals surface area contributed by atoms with Crippen LogP contribution in [0.4, 0.5) is 17.3 Å². The number of rotatable bonds is 9. The zero-order chi connectivity index (χ0) is 25.3. The Balaban J connectivity index is 1.25. The summed E-state index contributed by atoms with van der Waals surface area (Å²) in [6, 6.07) is 16.9. The predicted octanol–water partition coefficient (Wildman–Crippen LogP) is 3.86. The molecule has 8 nitrogen and oxygen atoms in total. The van der Waals surface area contributed by atoms with E-state index in [2.05, 4.69) is 39.1 Å². The van der Waals surface area contributed by atoms with Crippen molar-refractivity contribution in [2.75, 3.05) is 54.9 Å². The summed E-state index contributed by atoms with van der Waals surface area (Å²) in [6.07, 6.45) is 6.09. The van der Waals surface area contributed by atoms with Crippen LogP contribution >= 0.6 is 0 Å². The van der Waals surface area contributed by atoms with Crippen molar-refractivity contribution < 1.29 is 9.59 Å². The average molecular weight is 487 g/mol. The number of carbonyl (C=O) groups is 2. The number of aromatic nitrogens is 2. The Bertz CT molecular complexity index is 1130. The Hall–Kier alpha value is -3.94. The molecule has 188 valence electrons. The molecule has 3 aromatic rings. The molecule has 0 aliphatic carbocycles. The van der Waals surface area contributed by atoms with Gasteiger partial charge < -0.3 is 20.0 Å². The van der Waals surface area contributed by atoms with Gasteiger partial charge in [0.05, 0.1) is 6.42 Å². The molecule has 4 rings (SSSR count). The normalized spacial score (nSPS) is 13.4.